The molecule has 0 bridgehead atoms. The van der Waals surface area contributed by atoms with Crippen LogP contribution in [-0.4, -0.2) is 58.9 Å². The van der Waals surface area contributed by atoms with E-state index in [0.29, 0.717) is 26.1 Å². The van der Waals surface area contributed by atoms with E-state index in [1.807, 2.05) is 51.1 Å². The summed E-state index contributed by atoms with van der Waals surface area (Å²) in [6, 6.07) is 18.2. The van der Waals surface area contributed by atoms with Crippen LogP contribution in [0.5, 0.6) is 5.75 Å². The van der Waals surface area contributed by atoms with Crippen molar-refractivity contribution in [2.45, 2.75) is 52.0 Å². The van der Waals surface area contributed by atoms with Crippen LogP contribution in [0, 0.1) is 0 Å². The Morgan fingerprint density at radius 3 is 2.52 bits per heavy atom. The van der Waals surface area contributed by atoms with Crippen molar-refractivity contribution in [1.29, 1.82) is 0 Å². The quantitative estimate of drug-likeness (QED) is 0.723. The van der Waals surface area contributed by atoms with Crippen LogP contribution in [0.3, 0.4) is 0 Å². The van der Waals surface area contributed by atoms with Crippen molar-refractivity contribution in [2.75, 3.05) is 26.2 Å². The summed E-state index contributed by atoms with van der Waals surface area (Å²) >= 11 is 0. The number of amides is 1. The molecular weight excluding hydrogens is 392 g/mol. The number of aliphatic hydroxyl groups is 1. The predicted molar refractivity (Wildman–Crippen MR) is 121 cm³/mol. The minimum absolute atomic E-state index is 0.0423. The lowest BCUT2D eigenvalue weighted by molar-refractivity contribution is -0.00610. The van der Waals surface area contributed by atoms with E-state index in [-0.39, 0.29) is 18.7 Å². The Hall–Kier alpha value is -2.57. The molecular formula is C25H34N2O4. The smallest absolute Gasteiger partial charge is 0.410 e. The van der Waals surface area contributed by atoms with Gasteiger partial charge >= 0.3 is 6.09 Å². The van der Waals surface area contributed by atoms with E-state index in [9.17, 15) is 9.90 Å². The maximum atomic E-state index is 12.6. The second-order valence-corrected chi connectivity index (χ2v) is 9.00. The van der Waals surface area contributed by atoms with Crippen LogP contribution in [0.15, 0.2) is 54.6 Å². The van der Waals surface area contributed by atoms with Crippen LogP contribution >= 0.6 is 0 Å². The van der Waals surface area contributed by atoms with E-state index in [2.05, 4.69) is 29.2 Å². The third-order valence-corrected chi connectivity index (χ3v) is 5.21. The molecule has 1 unspecified atom stereocenters. The Kier molecular flexibility index (Phi) is 7.93. The molecule has 0 saturated carbocycles. The lowest BCUT2D eigenvalue weighted by Crippen LogP contribution is -2.56. The molecule has 0 radical (unpaired) electrons. The van der Waals surface area contributed by atoms with Crippen molar-refractivity contribution in [1.82, 2.24) is 9.80 Å². The zero-order valence-corrected chi connectivity index (χ0v) is 18.8. The topological polar surface area (TPSA) is 62.2 Å². The van der Waals surface area contributed by atoms with Crippen molar-refractivity contribution in [3.63, 3.8) is 0 Å². The molecule has 6 nitrogen and oxygen atoms in total. The van der Waals surface area contributed by atoms with Crippen LogP contribution in [0.25, 0.3) is 0 Å². The lowest BCUT2D eigenvalue weighted by atomic mass is 10.1. The van der Waals surface area contributed by atoms with Gasteiger partial charge in [0.15, 0.2) is 0 Å². The molecule has 3 rings (SSSR count). The van der Waals surface area contributed by atoms with Crippen LogP contribution in [0.2, 0.25) is 0 Å². The van der Waals surface area contributed by atoms with E-state index < -0.39 is 5.60 Å². The van der Waals surface area contributed by atoms with E-state index in [1.165, 1.54) is 5.56 Å². The number of carbonyl (C=O) groups excluding carboxylic acids is 1. The van der Waals surface area contributed by atoms with Gasteiger partial charge in [0, 0.05) is 38.8 Å². The van der Waals surface area contributed by atoms with Gasteiger partial charge in [0.25, 0.3) is 0 Å². The fraction of sp³-hybridized carbons (Fsp3) is 0.480. The molecule has 1 N–H and O–H groups in total. The highest BCUT2D eigenvalue weighted by Crippen LogP contribution is 2.21. The van der Waals surface area contributed by atoms with E-state index in [0.717, 1.165) is 24.4 Å². The van der Waals surface area contributed by atoms with Gasteiger partial charge in [-0.2, -0.15) is 0 Å². The summed E-state index contributed by atoms with van der Waals surface area (Å²) < 4.78 is 11.5. The minimum Gasteiger partial charge on any atom is -0.489 e. The summed E-state index contributed by atoms with van der Waals surface area (Å²) in [7, 11) is 0. The summed E-state index contributed by atoms with van der Waals surface area (Å²) in [5.41, 5.74) is 1.77. The molecule has 1 aliphatic heterocycles. The Balaban J connectivity index is 1.58. The molecule has 1 atom stereocenters. The van der Waals surface area contributed by atoms with Crippen molar-refractivity contribution >= 4 is 6.09 Å². The van der Waals surface area contributed by atoms with Crippen molar-refractivity contribution in [2.24, 2.45) is 0 Å². The molecule has 1 fully saturated rings. The number of rotatable bonds is 7. The van der Waals surface area contributed by atoms with Gasteiger partial charge in [0.2, 0.25) is 0 Å². The van der Waals surface area contributed by atoms with Crippen molar-refractivity contribution < 1.29 is 19.4 Å². The number of carbonyl (C=O) groups is 1. The van der Waals surface area contributed by atoms with E-state index >= 15 is 0 Å². The van der Waals surface area contributed by atoms with Crippen LogP contribution in [0.1, 0.15) is 38.3 Å². The monoisotopic (exact) mass is 426 g/mol. The first kappa shape index (κ1) is 23.1. The standard InChI is InChI=1S/C25H34N2O4/c1-25(2,3)31-24(29)27-14-13-26(18-22(27)12-15-28)17-21-10-7-11-23(16-21)30-19-20-8-5-4-6-9-20/h4-11,16,22,28H,12-15,17-19H2,1-3H3. The van der Waals surface area contributed by atoms with Gasteiger partial charge in [-0.25, -0.2) is 4.79 Å². The van der Waals surface area contributed by atoms with Gasteiger partial charge < -0.3 is 19.5 Å². The molecule has 6 heteroatoms. The molecule has 168 valence electrons. The van der Waals surface area contributed by atoms with Crippen molar-refractivity contribution in [3.05, 3.63) is 65.7 Å². The van der Waals surface area contributed by atoms with Gasteiger partial charge in [-0.15, -0.1) is 0 Å². The summed E-state index contributed by atoms with van der Waals surface area (Å²) in [6.07, 6.45) is 0.234. The zero-order chi connectivity index (χ0) is 22.3. The summed E-state index contributed by atoms with van der Waals surface area (Å²) in [5, 5.41) is 9.50. The molecule has 1 aliphatic rings. The fourth-order valence-corrected chi connectivity index (χ4v) is 3.75. The molecule has 1 heterocycles. The highest BCUT2D eigenvalue weighted by Gasteiger charge is 2.32. The lowest BCUT2D eigenvalue weighted by Gasteiger charge is -2.41. The zero-order valence-electron chi connectivity index (χ0n) is 18.8. The number of piperazine rings is 1. The second kappa shape index (κ2) is 10.6. The first-order chi connectivity index (χ1) is 14.8. The molecule has 31 heavy (non-hydrogen) atoms. The van der Waals surface area contributed by atoms with Gasteiger partial charge in [-0.1, -0.05) is 42.5 Å². The molecule has 1 saturated heterocycles. The molecule has 1 amide bonds. The Morgan fingerprint density at radius 1 is 1.06 bits per heavy atom. The highest BCUT2D eigenvalue weighted by molar-refractivity contribution is 5.68. The van der Waals surface area contributed by atoms with E-state index in [4.69, 9.17) is 9.47 Å². The molecule has 0 aliphatic carbocycles. The molecule has 2 aromatic rings. The average Bonchev–Trinajstić information content (AvgIpc) is 2.72. The number of nitrogens with zero attached hydrogens (tertiary/aromatic N) is 2. The maximum absolute atomic E-state index is 12.6. The summed E-state index contributed by atoms with van der Waals surface area (Å²) in [6.45, 7) is 9.01. The normalized spacial score (nSPS) is 17.4. The average molecular weight is 427 g/mol. The van der Waals surface area contributed by atoms with Gasteiger partial charge in [-0.3, -0.25) is 4.90 Å². The Bertz CT molecular complexity index is 835. The van der Waals surface area contributed by atoms with Crippen LogP contribution in [0.4, 0.5) is 4.79 Å². The Morgan fingerprint density at radius 2 is 1.81 bits per heavy atom. The first-order valence-electron chi connectivity index (χ1n) is 10.9. The maximum Gasteiger partial charge on any atom is 0.410 e. The first-order valence-corrected chi connectivity index (χ1v) is 10.9. The van der Waals surface area contributed by atoms with Crippen LogP contribution < -0.4 is 4.74 Å². The minimum atomic E-state index is -0.530. The highest BCUT2D eigenvalue weighted by atomic mass is 16.6. The largest absolute Gasteiger partial charge is 0.489 e. The number of hydrogen-bond donors (Lipinski definition) is 1. The third-order valence-electron chi connectivity index (χ3n) is 5.21. The summed E-state index contributed by atoms with van der Waals surface area (Å²) in [5.74, 6) is 0.848. The van der Waals surface area contributed by atoms with Crippen LogP contribution in [-0.2, 0) is 17.9 Å². The van der Waals surface area contributed by atoms with Crippen molar-refractivity contribution in [3.8, 4) is 5.75 Å². The third kappa shape index (κ3) is 7.26. The van der Waals surface area contributed by atoms with Gasteiger partial charge in [0.05, 0.1) is 0 Å². The predicted octanol–water partition coefficient (Wildman–Crippen LogP) is 4.07. The van der Waals surface area contributed by atoms with Gasteiger partial charge in [-0.05, 0) is 50.5 Å². The molecule has 0 aromatic heterocycles. The van der Waals surface area contributed by atoms with Gasteiger partial charge in [0.1, 0.15) is 18.0 Å². The SMILES string of the molecule is CC(C)(C)OC(=O)N1CCN(Cc2cccc(OCc3ccccc3)c2)CC1CCO. The number of aliphatic hydroxyl groups excluding tert-OH is 1. The number of benzene rings is 2. The summed E-state index contributed by atoms with van der Waals surface area (Å²) in [4.78, 5) is 16.7. The number of hydrogen-bond acceptors (Lipinski definition) is 5. The molecule has 2 aromatic carbocycles. The Labute approximate surface area is 185 Å². The number of ether oxygens (including phenoxy) is 2. The van der Waals surface area contributed by atoms with E-state index in [1.54, 1.807) is 4.90 Å². The molecule has 0 spiro atoms. The second-order valence-electron chi connectivity index (χ2n) is 9.00. The fourth-order valence-electron chi connectivity index (χ4n) is 3.75.